The van der Waals surface area contributed by atoms with E-state index in [1.54, 1.807) is 23.2 Å². The summed E-state index contributed by atoms with van der Waals surface area (Å²) in [7, 11) is 0. The van der Waals surface area contributed by atoms with Gasteiger partial charge >= 0.3 is 0 Å². The fraction of sp³-hybridized carbons (Fsp3) is 0.200. The van der Waals surface area contributed by atoms with E-state index < -0.39 is 11.4 Å². The highest BCUT2D eigenvalue weighted by molar-refractivity contribution is 8.00. The minimum Gasteiger partial charge on any atom is -0.340 e. The summed E-state index contributed by atoms with van der Waals surface area (Å²) in [5.41, 5.74) is 1.31. The number of aromatic nitrogens is 1. The second-order valence-electron chi connectivity index (χ2n) is 7.49. The summed E-state index contributed by atoms with van der Waals surface area (Å²) < 4.78 is 0. The normalized spacial score (nSPS) is 16.6. The molecule has 0 unspecified atom stereocenters. The van der Waals surface area contributed by atoms with Crippen molar-refractivity contribution in [2.24, 2.45) is 0 Å². The Morgan fingerprint density at radius 1 is 1.03 bits per heavy atom. The van der Waals surface area contributed by atoms with Gasteiger partial charge in [0.05, 0.1) is 5.56 Å². The maximum atomic E-state index is 13.6. The Kier molecular flexibility index (Phi) is 6.97. The number of amides is 2. The van der Waals surface area contributed by atoms with Crippen LogP contribution in [0.2, 0.25) is 0 Å². The Balaban J connectivity index is 1.56. The number of carbonyl (C=O) groups is 3. The molecule has 2 heterocycles. The van der Waals surface area contributed by atoms with E-state index in [4.69, 9.17) is 0 Å². The summed E-state index contributed by atoms with van der Waals surface area (Å²) in [4.78, 5) is 45.5. The number of pyridine rings is 1. The standard InChI is InChI=1S/C25H23N3O3S/c29-22-13-15-28(25(22)32-20-11-5-2-6-12-20)24(31)21(16-18-8-3-1-4-9-18)27-23(30)19-10-7-14-26-17-19/h1-12,14,17,21,25H,13,15-16H2,(H,27,30)/t21-,25-/m0/s1. The molecule has 0 spiro atoms. The Morgan fingerprint density at radius 3 is 2.44 bits per heavy atom. The van der Waals surface area contributed by atoms with Gasteiger partial charge in [0.25, 0.3) is 5.91 Å². The molecule has 1 aromatic heterocycles. The van der Waals surface area contributed by atoms with Gasteiger partial charge < -0.3 is 10.2 Å². The highest BCUT2D eigenvalue weighted by Gasteiger charge is 2.39. The zero-order valence-corrected chi connectivity index (χ0v) is 18.2. The van der Waals surface area contributed by atoms with Crippen molar-refractivity contribution >= 4 is 29.4 Å². The second-order valence-corrected chi connectivity index (χ2v) is 8.64. The van der Waals surface area contributed by atoms with E-state index in [0.717, 1.165) is 10.5 Å². The number of likely N-dealkylation sites (tertiary alicyclic amines) is 1. The summed E-state index contributed by atoms with van der Waals surface area (Å²) in [6.07, 6.45) is 3.70. The van der Waals surface area contributed by atoms with Crippen LogP contribution in [0.25, 0.3) is 0 Å². The lowest BCUT2D eigenvalue weighted by atomic mass is 10.0. The van der Waals surface area contributed by atoms with Crippen molar-refractivity contribution < 1.29 is 14.4 Å². The van der Waals surface area contributed by atoms with Crippen LogP contribution in [-0.2, 0) is 16.0 Å². The van der Waals surface area contributed by atoms with Gasteiger partial charge in [-0.3, -0.25) is 19.4 Å². The lowest BCUT2D eigenvalue weighted by Gasteiger charge is -2.28. The minimum atomic E-state index is -0.796. The molecule has 4 rings (SSSR count). The molecule has 7 heteroatoms. The van der Waals surface area contributed by atoms with E-state index in [1.807, 2.05) is 60.7 Å². The summed E-state index contributed by atoms with van der Waals surface area (Å²) in [6, 6.07) is 21.6. The quantitative estimate of drug-likeness (QED) is 0.603. The molecule has 3 aromatic rings. The van der Waals surface area contributed by atoms with Crippen molar-refractivity contribution in [1.82, 2.24) is 15.2 Å². The first-order valence-electron chi connectivity index (χ1n) is 10.4. The van der Waals surface area contributed by atoms with Crippen LogP contribution in [0.5, 0.6) is 0 Å². The first-order valence-corrected chi connectivity index (χ1v) is 11.3. The number of ketones is 1. The fourth-order valence-electron chi connectivity index (χ4n) is 3.62. The van der Waals surface area contributed by atoms with Gasteiger partial charge in [0.15, 0.2) is 5.78 Å². The molecule has 1 saturated heterocycles. The first kappa shape index (κ1) is 21.8. The summed E-state index contributed by atoms with van der Waals surface area (Å²) in [5, 5.41) is 2.27. The van der Waals surface area contributed by atoms with Gasteiger partial charge in [-0.05, 0) is 29.8 Å². The van der Waals surface area contributed by atoms with Gasteiger partial charge in [0.2, 0.25) is 5.91 Å². The molecule has 1 aliphatic heterocycles. The molecule has 2 aromatic carbocycles. The first-order chi connectivity index (χ1) is 15.6. The molecule has 0 aliphatic carbocycles. The van der Waals surface area contributed by atoms with Crippen LogP contribution < -0.4 is 5.32 Å². The Hall–Kier alpha value is -3.45. The molecule has 162 valence electrons. The Morgan fingerprint density at radius 2 is 1.75 bits per heavy atom. The SMILES string of the molecule is O=C(N[C@@H](Cc1ccccc1)C(=O)N1CCC(=O)[C@@H]1Sc1ccccc1)c1cccnc1. The number of benzene rings is 2. The minimum absolute atomic E-state index is 0.0178. The summed E-state index contributed by atoms with van der Waals surface area (Å²) >= 11 is 1.37. The number of hydrogen-bond donors (Lipinski definition) is 1. The summed E-state index contributed by atoms with van der Waals surface area (Å²) in [5.74, 6) is -0.611. The van der Waals surface area contributed by atoms with Crippen molar-refractivity contribution in [2.45, 2.75) is 29.2 Å². The molecule has 0 radical (unpaired) electrons. The van der Waals surface area contributed by atoms with Crippen LogP contribution in [-0.4, -0.2) is 45.4 Å². The van der Waals surface area contributed by atoms with E-state index in [2.05, 4.69) is 10.3 Å². The monoisotopic (exact) mass is 445 g/mol. The van der Waals surface area contributed by atoms with Crippen LogP contribution in [0.1, 0.15) is 22.3 Å². The van der Waals surface area contributed by atoms with Crippen molar-refractivity contribution in [2.75, 3.05) is 6.54 Å². The number of carbonyl (C=O) groups excluding carboxylic acids is 3. The van der Waals surface area contributed by atoms with Crippen molar-refractivity contribution in [1.29, 1.82) is 0 Å². The van der Waals surface area contributed by atoms with Crippen molar-refractivity contribution in [3.05, 3.63) is 96.3 Å². The number of nitrogens with one attached hydrogen (secondary N) is 1. The molecule has 2 atom stereocenters. The predicted molar refractivity (Wildman–Crippen MR) is 123 cm³/mol. The van der Waals surface area contributed by atoms with Crippen molar-refractivity contribution in [3.63, 3.8) is 0 Å². The predicted octanol–water partition coefficient (Wildman–Crippen LogP) is 3.34. The maximum Gasteiger partial charge on any atom is 0.253 e. The average molecular weight is 446 g/mol. The molecule has 0 bridgehead atoms. The third kappa shape index (κ3) is 5.23. The van der Waals surface area contributed by atoms with Crippen LogP contribution in [0.15, 0.2) is 90.1 Å². The smallest absolute Gasteiger partial charge is 0.253 e. The van der Waals surface area contributed by atoms with Crippen LogP contribution >= 0.6 is 11.8 Å². The van der Waals surface area contributed by atoms with Gasteiger partial charge in [-0.2, -0.15) is 0 Å². The van der Waals surface area contributed by atoms with E-state index >= 15 is 0 Å². The van der Waals surface area contributed by atoms with Crippen molar-refractivity contribution in [3.8, 4) is 0 Å². The highest BCUT2D eigenvalue weighted by atomic mass is 32.2. The van der Waals surface area contributed by atoms with E-state index in [0.29, 0.717) is 24.9 Å². The van der Waals surface area contributed by atoms with Crippen LogP contribution in [0, 0.1) is 0 Å². The topological polar surface area (TPSA) is 79.4 Å². The third-order valence-corrected chi connectivity index (χ3v) is 6.53. The number of nitrogens with zero attached hydrogens (tertiary/aromatic N) is 2. The lowest BCUT2D eigenvalue weighted by molar-refractivity contribution is -0.134. The molecule has 6 nitrogen and oxygen atoms in total. The van der Waals surface area contributed by atoms with Gasteiger partial charge in [-0.1, -0.05) is 60.3 Å². The number of Topliss-reactive ketones (excluding diaryl/α,β-unsaturated/α-hetero) is 1. The maximum absolute atomic E-state index is 13.6. The number of hydrogen-bond acceptors (Lipinski definition) is 5. The van der Waals surface area contributed by atoms with Crippen LogP contribution in [0.4, 0.5) is 0 Å². The average Bonchev–Trinajstić information content (AvgIpc) is 3.20. The number of rotatable bonds is 7. The number of thioether (sulfide) groups is 1. The third-order valence-electron chi connectivity index (χ3n) is 5.24. The van der Waals surface area contributed by atoms with E-state index in [9.17, 15) is 14.4 Å². The lowest BCUT2D eigenvalue weighted by Crippen LogP contribution is -2.51. The molecule has 0 saturated carbocycles. The summed E-state index contributed by atoms with van der Waals surface area (Å²) in [6.45, 7) is 0.343. The molecule has 32 heavy (non-hydrogen) atoms. The van der Waals surface area contributed by atoms with Gasteiger partial charge in [0, 0.05) is 36.7 Å². The molecule has 1 fully saturated rings. The second kappa shape index (κ2) is 10.2. The van der Waals surface area contributed by atoms with Gasteiger partial charge in [0.1, 0.15) is 11.4 Å². The van der Waals surface area contributed by atoms with Crippen LogP contribution in [0.3, 0.4) is 0 Å². The van der Waals surface area contributed by atoms with Gasteiger partial charge in [-0.15, -0.1) is 0 Å². The van der Waals surface area contributed by atoms with E-state index in [-0.39, 0.29) is 17.6 Å². The zero-order valence-electron chi connectivity index (χ0n) is 17.4. The molecule has 1 aliphatic rings. The molecule has 2 amide bonds. The Labute approximate surface area is 191 Å². The zero-order chi connectivity index (χ0) is 22.3. The molecular formula is C25H23N3O3S. The van der Waals surface area contributed by atoms with E-state index in [1.165, 1.54) is 18.0 Å². The Bertz CT molecular complexity index is 1080. The van der Waals surface area contributed by atoms with Gasteiger partial charge in [-0.25, -0.2) is 0 Å². The highest BCUT2D eigenvalue weighted by Crippen LogP contribution is 2.31. The fourth-order valence-corrected chi connectivity index (χ4v) is 4.77. The molecular weight excluding hydrogens is 422 g/mol. The molecule has 1 N–H and O–H groups in total. The largest absolute Gasteiger partial charge is 0.340 e.